The summed E-state index contributed by atoms with van der Waals surface area (Å²) in [6.07, 6.45) is -4.37. The molecule has 3 N–H and O–H groups in total. The van der Waals surface area contributed by atoms with E-state index in [1.165, 1.54) is 31.4 Å². The van der Waals surface area contributed by atoms with Gasteiger partial charge in [-0.1, -0.05) is 12.1 Å². The molecule has 0 aromatic heterocycles. The van der Waals surface area contributed by atoms with Crippen LogP contribution in [0.2, 0.25) is 0 Å². The van der Waals surface area contributed by atoms with Crippen molar-refractivity contribution < 1.29 is 38.1 Å². The number of carboxylic acid groups (broad SMARTS) is 2. The van der Waals surface area contributed by atoms with Gasteiger partial charge in [0.05, 0.1) is 19.4 Å². The highest BCUT2D eigenvalue weighted by atomic mass is 19.3. The Bertz CT molecular complexity index is 590. The third kappa shape index (κ3) is 5.82. The van der Waals surface area contributed by atoms with Crippen molar-refractivity contribution in [1.82, 2.24) is 5.32 Å². The van der Waals surface area contributed by atoms with Gasteiger partial charge in [0.2, 0.25) is 12.3 Å². The lowest BCUT2D eigenvalue weighted by molar-refractivity contribution is -0.147. The van der Waals surface area contributed by atoms with Crippen molar-refractivity contribution in [3.63, 3.8) is 0 Å². The smallest absolute Gasteiger partial charge is 0.326 e. The van der Waals surface area contributed by atoms with E-state index >= 15 is 0 Å². The van der Waals surface area contributed by atoms with Crippen molar-refractivity contribution in [2.24, 2.45) is 0 Å². The first-order chi connectivity index (χ1) is 11.2. The van der Waals surface area contributed by atoms with Gasteiger partial charge in [-0.2, -0.15) is 0 Å². The molecule has 2 unspecified atom stereocenters. The number of hydrogen-bond donors (Lipinski definition) is 3. The molecule has 132 valence electrons. The van der Waals surface area contributed by atoms with Gasteiger partial charge in [-0.3, -0.25) is 9.59 Å². The molecule has 2 atom stereocenters. The predicted octanol–water partition coefficient (Wildman–Crippen LogP) is 1.48. The van der Waals surface area contributed by atoms with Crippen LogP contribution in [0.3, 0.4) is 0 Å². The first kappa shape index (κ1) is 19.3. The molecule has 0 saturated carbocycles. The second kappa shape index (κ2) is 8.80. The van der Waals surface area contributed by atoms with E-state index in [0.717, 1.165) is 0 Å². The summed E-state index contributed by atoms with van der Waals surface area (Å²) in [5.74, 6) is -4.93. The standard InChI is InChI=1S/C15H17F2NO6/c1-24-9-4-2-8(3-5-9)10(14(16)17)6-12(19)18-11(15(22)23)7-13(20)21/h2-5,10-11,14H,6-7H2,1H3,(H,18,19)(H,20,21)(H,22,23). The molecule has 0 aliphatic rings. The second-order valence-electron chi connectivity index (χ2n) is 4.97. The number of methoxy groups -OCH3 is 1. The van der Waals surface area contributed by atoms with Gasteiger partial charge in [-0.05, 0) is 17.7 Å². The molecular formula is C15H17F2NO6. The van der Waals surface area contributed by atoms with Gasteiger partial charge in [0.1, 0.15) is 11.8 Å². The van der Waals surface area contributed by atoms with Crippen molar-refractivity contribution in [2.75, 3.05) is 7.11 Å². The normalized spacial score (nSPS) is 13.2. The van der Waals surface area contributed by atoms with Gasteiger partial charge in [-0.25, -0.2) is 13.6 Å². The van der Waals surface area contributed by atoms with Gasteiger partial charge in [0.15, 0.2) is 0 Å². The van der Waals surface area contributed by atoms with E-state index < -0.39 is 49.1 Å². The molecular weight excluding hydrogens is 328 g/mol. The molecule has 0 heterocycles. The number of amides is 1. The molecule has 0 aliphatic carbocycles. The van der Waals surface area contributed by atoms with Gasteiger partial charge < -0.3 is 20.3 Å². The fourth-order valence-electron chi connectivity index (χ4n) is 2.03. The molecule has 0 aliphatic heterocycles. The monoisotopic (exact) mass is 345 g/mol. The van der Waals surface area contributed by atoms with Crippen LogP contribution in [0, 0.1) is 0 Å². The maximum absolute atomic E-state index is 13.2. The van der Waals surface area contributed by atoms with E-state index in [2.05, 4.69) is 0 Å². The largest absolute Gasteiger partial charge is 0.497 e. The number of alkyl halides is 2. The van der Waals surface area contributed by atoms with E-state index in [1.54, 1.807) is 0 Å². The number of rotatable bonds is 9. The minimum Gasteiger partial charge on any atom is -0.497 e. The van der Waals surface area contributed by atoms with Crippen LogP contribution < -0.4 is 10.1 Å². The maximum atomic E-state index is 13.2. The molecule has 0 fully saturated rings. The van der Waals surface area contributed by atoms with Gasteiger partial charge in [0, 0.05) is 6.42 Å². The Labute approximate surface area is 136 Å². The number of hydrogen-bond acceptors (Lipinski definition) is 4. The molecule has 1 rings (SSSR count). The molecule has 0 saturated heterocycles. The summed E-state index contributed by atoms with van der Waals surface area (Å²) in [7, 11) is 1.42. The zero-order chi connectivity index (χ0) is 18.3. The zero-order valence-corrected chi connectivity index (χ0v) is 12.7. The maximum Gasteiger partial charge on any atom is 0.326 e. The number of benzene rings is 1. The van der Waals surface area contributed by atoms with Crippen LogP contribution in [0.15, 0.2) is 24.3 Å². The topological polar surface area (TPSA) is 113 Å². The average Bonchev–Trinajstić information content (AvgIpc) is 2.51. The number of carbonyl (C=O) groups is 3. The molecule has 0 radical (unpaired) electrons. The summed E-state index contributed by atoms with van der Waals surface area (Å²) >= 11 is 0. The summed E-state index contributed by atoms with van der Waals surface area (Å²) in [5.41, 5.74) is 0.186. The Hall–Kier alpha value is -2.71. The number of ether oxygens (including phenoxy) is 1. The minimum absolute atomic E-state index is 0.186. The summed E-state index contributed by atoms with van der Waals surface area (Å²) in [5, 5.41) is 19.4. The highest BCUT2D eigenvalue weighted by molar-refractivity contribution is 5.87. The Morgan fingerprint density at radius 3 is 2.12 bits per heavy atom. The highest BCUT2D eigenvalue weighted by Crippen LogP contribution is 2.28. The molecule has 7 nitrogen and oxygen atoms in total. The molecule has 1 aromatic rings. The van der Waals surface area contributed by atoms with Crippen molar-refractivity contribution >= 4 is 17.8 Å². The number of halogens is 2. The molecule has 1 aromatic carbocycles. The fraction of sp³-hybridized carbons (Fsp3) is 0.400. The molecule has 24 heavy (non-hydrogen) atoms. The minimum atomic E-state index is -2.85. The lowest BCUT2D eigenvalue weighted by Crippen LogP contribution is -2.42. The summed E-state index contributed by atoms with van der Waals surface area (Å²) in [6, 6.07) is 4.02. The Morgan fingerprint density at radius 1 is 1.12 bits per heavy atom. The van der Waals surface area contributed by atoms with Crippen LogP contribution >= 0.6 is 0 Å². The van der Waals surface area contributed by atoms with Crippen LogP contribution in [-0.4, -0.2) is 47.6 Å². The van der Waals surface area contributed by atoms with Crippen molar-refractivity contribution in [3.05, 3.63) is 29.8 Å². The Morgan fingerprint density at radius 2 is 1.71 bits per heavy atom. The van der Waals surface area contributed by atoms with Crippen LogP contribution in [-0.2, 0) is 14.4 Å². The first-order valence-electron chi connectivity index (χ1n) is 6.90. The van der Waals surface area contributed by atoms with Gasteiger partial charge in [-0.15, -0.1) is 0 Å². The summed E-state index contributed by atoms with van der Waals surface area (Å²) in [4.78, 5) is 33.3. The van der Waals surface area contributed by atoms with E-state index in [-0.39, 0.29) is 5.56 Å². The van der Waals surface area contributed by atoms with E-state index in [4.69, 9.17) is 14.9 Å². The fourth-order valence-corrected chi connectivity index (χ4v) is 2.03. The summed E-state index contributed by atoms with van der Waals surface area (Å²) < 4.78 is 31.3. The van der Waals surface area contributed by atoms with Crippen molar-refractivity contribution in [1.29, 1.82) is 0 Å². The number of nitrogens with one attached hydrogen (secondary N) is 1. The SMILES string of the molecule is COc1ccc(C(CC(=O)NC(CC(=O)O)C(=O)O)C(F)F)cc1. The third-order valence-electron chi connectivity index (χ3n) is 3.27. The predicted molar refractivity (Wildman–Crippen MR) is 78.2 cm³/mol. The Kier molecular flexibility index (Phi) is 7.09. The third-order valence-corrected chi connectivity index (χ3v) is 3.27. The zero-order valence-electron chi connectivity index (χ0n) is 12.7. The Balaban J connectivity index is 2.81. The first-order valence-corrected chi connectivity index (χ1v) is 6.90. The van der Waals surface area contributed by atoms with Crippen molar-refractivity contribution in [3.8, 4) is 5.75 Å². The van der Waals surface area contributed by atoms with Gasteiger partial charge >= 0.3 is 11.9 Å². The second-order valence-corrected chi connectivity index (χ2v) is 4.97. The molecule has 0 bridgehead atoms. The van der Waals surface area contributed by atoms with Crippen LogP contribution in [0.1, 0.15) is 24.3 Å². The quantitative estimate of drug-likeness (QED) is 0.625. The summed E-state index contributed by atoms with van der Waals surface area (Å²) in [6.45, 7) is 0. The molecule has 1 amide bonds. The van der Waals surface area contributed by atoms with Crippen molar-refractivity contribution in [2.45, 2.75) is 31.2 Å². The van der Waals surface area contributed by atoms with Crippen LogP contribution in [0.4, 0.5) is 8.78 Å². The molecule has 9 heteroatoms. The lowest BCUT2D eigenvalue weighted by atomic mass is 9.95. The van der Waals surface area contributed by atoms with E-state index in [1.807, 2.05) is 5.32 Å². The van der Waals surface area contributed by atoms with Crippen LogP contribution in [0.5, 0.6) is 5.75 Å². The molecule has 0 spiro atoms. The van der Waals surface area contributed by atoms with Crippen LogP contribution in [0.25, 0.3) is 0 Å². The number of carboxylic acids is 2. The highest BCUT2D eigenvalue weighted by Gasteiger charge is 2.28. The van der Waals surface area contributed by atoms with E-state index in [0.29, 0.717) is 5.75 Å². The number of aliphatic carboxylic acids is 2. The van der Waals surface area contributed by atoms with E-state index in [9.17, 15) is 23.2 Å². The lowest BCUT2D eigenvalue weighted by Gasteiger charge is -2.18. The number of carbonyl (C=O) groups excluding carboxylic acids is 1. The van der Waals surface area contributed by atoms with Gasteiger partial charge in [0.25, 0.3) is 0 Å². The average molecular weight is 345 g/mol.